The number of aromatic nitrogens is 4. The van der Waals surface area contributed by atoms with Gasteiger partial charge in [-0.25, -0.2) is 9.97 Å². The van der Waals surface area contributed by atoms with Crippen LogP contribution in [0.1, 0.15) is 23.9 Å². The highest BCUT2D eigenvalue weighted by atomic mass is 15.3. The number of nitrogens with zero attached hydrogens (tertiary/aromatic N) is 5. The average molecular weight is 243 g/mol. The summed E-state index contributed by atoms with van der Waals surface area (Å²) in [4.78, 5) is 10.9. The van der Waals surface area contributed by atoms with Crippen molar-refractivity contribution >= 4 is 0 Å². The largest absolute Gasteiger partial charge is 0.294 e. The highest BCUT2D eigenvalue weighted by molar-refractivity contribution is 5.01. The second-order valence-corrected chi connectivity index (χ2v) is 4.84. The zero-order valence-electron chi connectivity index (χ0n) is 10.5. The lowest BCUT2D eigenvalue weighted by molar-refractivity contribution is 0.304. The number of hydrogen-bond acceptors (Lipinski definition) is 4. The zero-order chi connectivity index (χ0) is 12.4. The van der Waals surface area contributed by atoms with Gasteiger partial charge >= 0.3 is 0 Å². The van der Waals surface area contributed by atoms with E-state index in [1.165, 1.54) is 5.56 Å². The molecular formula is C13H17N5. The first-order valence-electron chi connectivity index (χ1n) is 6.30. The van der Waals surface area contributed by atoms with Crippen molar-refractivity contribution in [3.63, 3.8) is 0 Å². The van der Waals surface area contributed by atoms with Crippen molar-refractivity contribution < 1.29 is 0 Å². The molecule has 2 aromatic heterocycles. The molecule has 1 aliphatic rings. The van der Waals surface area contributed by atoms with Crippen molar-refractivity contribution in [2.75, 3.05) is 13.1 Å². The Kier molecular flexibility index (Phi) is 3.06. The molecule has 0 amide bonds. The summed E-state index contributed by atoms with van der Waals surface area (Å²) < 4.78 is 2.08. The fourth-order valence-corrected chi connectivity index (χ4v) is 2.42. The van der Waals surface area contributed by atoms with E-state index in [9.17, 15) is 0 Å². The molecule has 0 aromatic carbocycles. The number of aryl methyl sites for hydroxylation is 1. The molecule has 1 atom stereocenters. The average Bonchev–Trinajstić information content (AvgIpc) is 2.99. The molecule has 1 saturated heterocycles. The topological polar surface area (TPSA) is 46.8 Å². The molecule has 5 heteroatoms. The van der Waals surface area contributed by atoms with E-state index < -0.39 is 0 Å². The van der Waals surface area contributed by atoms with Crippen molar-refractivity contribution in [2.45, 2.75) is 25.9 Å². The number of hydrogen-bond donors (Lipinski definition) is 0. The molecule has 1 fully saturated rings. The van der Waals surface area contributed by atoms with Crippen LogP contribution in [0.3, 0.4) is 0 Å². The van der Waals surface area contributed by atoms with Gasteiger partial charge in [0.1, 0.15) is 5.82 Å². The third-order valence-corrected chi connectivity index (χ3v) is 3.34. The van der Waals surface area contributed by atoms with Crippen molar-refractivity contribution in [1.29, 1.82) is 0 Å². The normalized spacial score (nSPS) is 20.4. The van der Waals surface area contributed by atoms with Gasteiger partial charge < -0.3 is 0 Å². The Morgan fingerprint density at radius 1 is 1.33 bits per heavy atom. The lowest BCUT2D eigenvalue weighted by atomic mass is 10.3. The van der Waals surface area contributed by atoms with E-state index in [1.54, 1.807) is 12.4 Å². The van der Waals surface area contributed by atoms with Crippen LogP contribution in [0.15, 0.2) is 30.9 Å². The molecule has 0 aliphatic carbocycles. The van der Waals surface area contributed by atoms with Crippen LogP contribution < -0.4 is 0 Å². The van der Waals surface area contributed by atoms with Crippen LogP contribution in [0.5, 0.6) is 0 Å². The maximum atomic E-state index is 4.40. The Morgan fingerprint density at radius 2 is 2.17 bits per heavy atom. The lowest BCUT2D eigenvalue weighted by Crippen LogP contribution is -2.22. The first-order chi connectivity index (χ1) is 8.81. The van der Waals surface area contributed by atoms with Crippen LogP contribution in [-0.4, -0.2) is 37.7 Å². The van der Waals surface area contributed by atoms with E-state index in [2.05, 4.69) is 37.8 Å². The summed E-state index contributed by atoms with van der Waals surface area (Å²) >= 11 is 0. The first-order valence-corrected chi connectivity index (χ1v) is 6.30. The van der Waals surface area contributed by atoms with E-state index in [0.29, 0.717) is 6.04 Å². The van der Waals surface area contributed by atoms with Crippen LogP contribution in [0.25, 0.3) is 0 Å². The maximum absolute atomic E-state index is 4.40. The Hall–Kier alpha value is -1.75. The van der Waals surface area contributed by atoms with E-state index >= 15 is 0 Å². The van der Waals surface area contributed by atoms with Gasteiger partial charge in [0.2, 0.25) is 0 Å². The zero-order valence-corrected chi connectivity index (χ0v) is 10.5. The first kappa shape index (κ1) is 11.3. The Morgan fingerprint density at radius 3 is 2.89 bits per heavy atom. The lowest BCUT2D eigenvalue weighted by Gasteiger charge is -2.14. The van der Waals surface area contributed by atoms with Crippen LogP contribution >= 0.6 is 0 Å². The standard InChI is InChI=1S/C13H17N5/c1-11-7-16-18(8-11)12-3-6-17(9-12)10-13-14-4-2-5-15-13/h2,4-5,7-8,12H,3,6,9-10H2,1H3. The minimum absolute atomic E-state index is 0.488. The van der Waals surface area contributed by atoms with E-state index in [0.717, 1.165) is 31.9 Å². The Labute approximate surface area is 106 Å². The van der Waals surface area contributed by atoms with Crippen molar-refractivity contribution in [3.05, 3.63) is 42.2 Å². The quantitative estimate of drug-likeness (QED) is 0.818. The summed E-state index contributed by atoms with van der Waals surface area (Å²) in [6, 6.07) is 2.34. The smallest absolute Gasteiger partial charge is 0.142 e. The van der Waals surface area contributed by atoms with Crippen molar-refractivity contribution in [2.24, 2.45) is 0 Å². The summed E-state index contributed by atoms with van der Waals surface area (Å²) in [6.07, 6.45) is 8.78. The summed E-state index contributed by atoms with van der Waals surface area (Å²) in [6.45, 7) is 5.02. The fourth-order valence-electron chi connectivity index (χ4n) is 2.42. The van der Waals surface area contributed by atoms with Gasteiger partial charge in [-0.2, -0.15) is 5.10 Å². The Bertz CT molecular complexity index is 507. The van der Waals surface area contributed by atoms with Gasteiger partial charge in [-0.05, 0) is 25.0 Å². The predicted molar refractivity (Wildman–Crippen MR) is 67.9 cm³/mol. The van der Waals surface area contributed by atoms with Crippen molar-refractivity contribution in [1.82, 2.24) is 24.6 Å². The second kappa shape index (κ2) is 4.86. The molecular weight excluding hydrogens is 226 g/mol. The second-order valence-electron chi connectivity index (χ2n) is 4.84. The van der Waals surface area contributed by atoms with Gasteiger partial charge in [-0.15, -0.1) is 0 Å². The maximum Gasteiger partial charge on any atom is 0.142 e. The summed E-state index contributed by atoms with van der Waals surface area (Å²) in [5, 5.41) is 4.40. The highest BCUT2D eigenvalue weighted by Crippen LogP contribution is 2.21. The SMILES string of the molecule is Cc1cnn(C2CCN(Cc3ncccn3)C2)c1. The summed E-state index contributed by atoms with van der Waals surface area (Å²) in [5.74, 6) is 0.898. The molecule has 3 heterocycles. The monoisotopic (exact) mass is 243 g/mol. The third kappa shape index (κ3) is 2.41. The molecule has 0 radical (unpaired) electrons. The van der Waals surface area contributed by atoms with Gasteiger partial charge in [0.25, 0.3) is 0 Å². The van der Waals surface area contributed by atoms with E-state index in [1.807, 2.05) is 12.3 Å². The van der Waals surface area contributed by atoms with Crippen LogP contribution in [0, 0.1) is 6.92 Å². The molecule has 2 aromatic rings. The Balaban J connectivity index is 1.62. The minimum Gasteiger partial charge on any atom is -0.294 e. The molecule has 5 nitrogen and oxygen atoms in total. The van der Waals surface area contributed by atoms with Gasteiger partial charge in [-0.1, -0.05) is 0 Å². The minimum atomic E-state index is 0.488. The van der Waals surface area contributed by atoms with E-state index in [4.69, 9.17) is 0 Å². The van der Waals surface area contributed by atoms with Gasteiger partial charge in [0, 0.05) is 31.7 Å². The molecule has 3 rings (SSSR count). The van der Waals surface area contributed by atoms with Crippen LogP contribution in [0.2, 0.25) is 0 Å². The summed E-state index contributed by atoms with van der Waals surface area (Å²) in [7, 11) is 0. The van der Waals surface area contributed by atoms with Gasteiger partial charge in [-0.3, -0.25) is 9.58 Å². The van der Waals surface area contributed by atoms with Gasteiger partial charge in [0.15, 0.2) is 0 Å². The fraction of sp³-hybridized carbons (Fsp3) is 0.462. The highest BCUT2D eigenvalue weighted by Gasteiger charge is 2.24. The number of rotatable bonds is 3. The molecule has 0 N–H and O–H groups in total. The van der Waals surface area contributed by atoms with Crippen LogP contribution in [-0.2, 0) is 6.54 Å². The van der Waals surface area contributed by atoms with E-state index in [-0.39, 0.29) is 0 Å². The van der Waals surface area contributed by atoms with Gasteiger partial charge in [0.05, 0.1) is 18.8 Å². The third-order valence-electron chi connectivity index (χ3n) is 3.34. The van der Waals surface area contributed by atoms with Crippen LogP contribution in [0.4, 0.5) is 0 Å². The molecule has 1 aliphatic heterocycles. The van der Waals surface area contributed by atoms with Crippen molar-refractivity contribution in [3.8, 4) is 0 Å². The molecule has 1 unspecified atom stereocenters. The molecule has 18 heavy (non-hydrogen) atoms. The molecule has 0 spiro atoms. The summed E-state index contributed by atoms with van der Waals surface area (Å²) in [5.41, 5.74) is 1.22. The number of likely N-dealkylation sites (tertiary alicyclic amines) is 1. The predicted octanol–water partition coefficient (Wildman–Crippen LogP) is 1.43. The molecule has 0 saturated carbocycles. The molecule has 94 valence electrons. The molecule has 0 bridgehead atoms.